The summed E-state index contributed by atoms with van der Waals surface area (Å²) in [5.41, 5.74) is 0.260. The molecule has 1 aliphatic heterocycles. The van der Waals surface area contributed by atoms with Crippen molar-refractivity contribution in [2.45, 2.75) is 25.4 Å². The largest absolute Gasteiger partial charge is 0.416 e. The first-order valence-corrected chi connectivity index (χ1v) is 9.19. The van der Waals surface area contributed by atoms with Crippen LogP contribution in [-0.2, 0) is 22.2 Å². The van der Waals surface area contributed by atoms with Gasteiger partial charge in [-0.05, 0) is 35.9 Å². The lowest BCUT2D eigenvalue weighted by Gasteiger charge is -2.27. The second-order valence-electron chi connectivity index (χ2n) is 6.79. The third-order valence-corrected chi connectivity index (χ3v) is 4.60. The first kappa shape index (κ1) is 21.5. The van der Waals surface area contributed by atoms with Crippen molar-refractivity contribution in [3.63, 3.8) is 0 Å². The minimum Gasteiger partial charge on any atom is -0.338 e. The average Bonchev–Trinajstić information content (AvgIpc) is 2.73. The highest BCUT2D eigenvalue weighted by Gasteiger charge is 2.31. The van der Waals surface area contributed by atoms with E-state index in [1.54, 1.807) is 0 Å². The molecule has 3 rings (SSSR count). The van der Waals surface area contributed by atoms with Gasteiger partial charge in [0.15, 0.2) is 0 Å². The van der Waals surface area contributed by atoms with Crippen molar-refractivity contribution in [3.05, 3.63) is 71.0 Å². The van der Waals surface area contributed by atoms with Crippen molar-refractivity contribution < 1.29 is 32.0 Å². The topological polar surface area (TPSA) is 59.0 Å². The normalized spacial score (nSPS) is 14.4. The van der Waals surface area contributed by atoms with Crippen molar-refractivity contribution in [2.24, 2.45) is 5.16 Å². The Balaban J connectivity index is 1.52. The van der Waals surface area contributed by atoms with Gasteiger partial charge in [-0.1, -0.05) is 23.4 Å². The molecular formula is C21H18F4N2O3. The molecule has 1 aliphatic rings. The molecular weight excluding hydrogens is 404 g/mol. The SMILES string of the molecule is O=C(Cc1ccc(F)cc1)ON=C1CCN(C(=O)c2cccc(C(F)(F)F)c2)CC1. The van der Waals surface area contributed by atoms with Crippen LogP contribution >= 0.6 is 0 Å². The number of halogens is 4. The highest BCUT2D eigenvalue weighted by Crippen LogP contribution is 2.30. The van der Waals surface area contributed by atoms with Crippen LogP contribution in [0.25, 0.3) is 0 Å². The van der Waals surface area contributed by atoms with Crippen LogP contribution in [0.5, 0.6) is 0 Å². The van der Waals surface area contributed by atoms with Gasteiger partial charge in [0, 0.05) is 31.5 Å². The molecule has 1 fully saturated rings. The highest BCUT2D eigenvalue weighted by atomic mass is 19.4. The molecule has 0 atom stereocenters. The number of nitrogens with zero attached hydrogens (tertiary/aromatic N) is 2. The number of hydrogen-bond donors (Lipinski definition) is 0. The number of rotatable bonds is 4. The Morgan fingerprint density at radius 1 is 1.03 bits per heavy atom. The van der Waals surface area contributed by atoms with Crippen molar-refractivity contribution in [2.75, 3.05) is 13.1 Å². The molecule has 0 radical (unpaired) electrons. The number of carbonyl (C=O) groups is 2. The number of amides is 1. The summed E-state index contributed by atoms with van der Waals surface area (Å²) in [6.45, 7) is 0.507. The van der Waals surface area contributed by atoms with E-state index in [2.05, 4.69) is 5.16 Å². The summed E-state index contributed by atoms with van der Waals surface area (Å²) in [5.74, 6) is -1.50. The molecule has 5 nitrogen and oxygen atoms in total. The summed E-state index contributed by atoms with van der Waals surface area (Å²) < 4.78 is 51.4. The van der Waals surface area contributed by atoms with Crippen LogP contribution in [0.4, 0.5) is 17.6 Å². The molecule has 1 amide bonds. The van der Waals surface area contributed by atoms with Crippen LogP contribution in [0.2, 0.25) is 0 Å². The summed E-state index contributed by atoms with van der Waals surface area (Å²) in [6.07, 6.45) is -3.89. The number of oxime groups is 1. The predicted molar refractivity (Wildman–Crippen MR) is 100 cm³/mol. The lowest BCUT2D eigenvalue weighted by atomic mass is 10.1. The summed E-state index contributed by atoms with van der Waals surface area (Å²) in [5, 5.41) is 3.82. The molecule has 1 saturated heterocycles. The molecule has 0 aliphatic carbocycles. The van der Waals surface area contributed by atoms with Gasteiger partial charge < -0.3 is 9.74 Å². The number of hydrogen-bond acceptors (Lipinski definition) is 4. The second kappa shape index (κ2) is 9.06. The molecule has 0 saturated carbocycles. The van der Waals surface area contributed by atoms with Gasteiger partial charge >= 0.3 is 12.1 Å². The zero-order chi connectivity index (χ0) is 21.7. The standard InChI is InChI=1S/C21H18F4N2O3/c22-17-6-4-14(5-7-17)12-19(28)30-26-18-8-10-27(11-9-18)20(29)15-2-1-3-16(13-15)21(23,24)25/h1-7,13H,8-12H2. The van der Waals surface area contributed by atoms with Crippen LogP contribution in [-0.4, -0.2) is 35.6 Å². The minimum absolute atomic E-state index is 0.0315. The van der Waals surface area contributed by atoms with E-state index < -0.39 is 29.4 Å². The Kier molecular flexibility index (Phi) is 6.49. The van der Waals surface area contributed by atoms with E-state index in [9.17, 15) is 27.2 Å². The fourth-order valence-corrected chi connectivity index (χ4v) is 2.99. The highest BCUT2D eigenvalue weighted by molar-refractivity contribution is 5.96. The lowest BCUT2D eigenvalue weighted by molar-refractivity contribution is -0.143. The Morgan fingerprint density at radius 3 is 2.33 bits per heavy atom. The first-order chi connectivity index (χ1) is 14.2. The molecule has 0 N–H and O–H groups in total. The second-order valence-corrected chi connectivity index (χ2v) is 6.79. The summed E-state index contributed by atoms with van der Waals surface area (Å²) in [4.78, 5) is 30.6. The average molecular weight is 422 g/mol. The van der Waals surface area contributed by atoms with Crippen LogP contribution < -0.4 is 0 Å². The quantitative estimate of drug-likeness (QED) is 0.421. The molecule has 158 valence electrons. The maximum atomic E-state index is 12.9. The zero-order valence-corrected chi connectivity index (χ0v) is 15.8. The Bertz CT molecular complexity index is 945. The van der Waals surface area contributed by atoms with E-state index in [0.717, 1.165) is 12.1 Å². The van der Waals surface area contributed by atoms with Gasteiger partial charge in [-0.3, -0.25) is 4.79 Å². The van der Waals surface area contributed by atoms with Crippen LogP contribution in [0.15, 0.2) is 53.7 Å². The maximum Gasteiger partial charge on any atom is 0.416 e. The Hall–Kier alpha value is -3.23. The molecule has 9 heteroatoms. The maximum absolute atomic E-state index is 12.9. The Morgan fingerprint density at radius 2 is 1.70 bits per heavy atom. The van der Waals surface area contributed by atoms with E-state index in [4.69, 9.17) is 4.84 Å². The molecule has 2 aromatic carbocycles. The predicted octanol–water partition coefficient (Wildman–Crippen LogP) is 4.22. The molecule has 30 heavy (non-hydrogen) atoms. The van der Waals surface area contributed by atoms with Crippen molar-refractivity contribution in [1.82, 2.24) is 4.90 Å². The number of carbonyl (C=O) groups excluding carboxylic acids is 2. The number of piperidine rings is 1. The van der Waals surface area contributed by atoms with Crippen molar-refractivity contribution >= 4 is 17.6 Å². The minimum atomic E-state index is -4.52. The van der Waals surface area contributed by atoms with E-state index in [-0.39, 0.29) is 25.1 Å². The van der Waals surface area contributed by atoms with Crippen LogP contribution in [0.3, 0.4) is 0 Å². The third-order valence-electron chi connectivity index (χ3n) is 4.60. The van der Waals surface area contributed by atoms with Gasteiger partial charge in [0.1, 0.15) is 5.82 Å². The van der Waals surface area contributed by atoms with Gasteiger partial charge in [0.05, 0.1) is 17.7 Å². The van der Waals surface area contributed by atoms with Gasteiger partial charge in [0.25, 0.3) is 5.91 Å². The van der Waals surface area contributed by atoms with Crippen LogP contribution in [0, 0.1) is 5.82 Å². The van der Waals surface area contributed by atoms with E-state index >= 15 is 0 Å². The van der Waals surface area contributed by atoms with E-state index in [1.807, 2.05) is 0 Å². The first-order valence-electron chi connectivity index (χ1n) is 9.19. The van der Waals surface area contributed by atoms with E-state index in [1.165, 1.54) is 41.3 Å². The smallest absolute Gasteiger partial charge is 0.338 e. The fraction of sp³-hybridized carbons (Fsp3) is 0.286. The van der Waals surface area contributed by atoms with Crippen molar-refractivity contribution in [1.29, 1.82) is 0 Å². The molecule has 1 heterocycles. The zero-order valence-electron chi connectivity index (χ0n) is 15.8. The molecule has 0 bridgehead atoms. The van der Waals surface area contributed by atoms with Gasteiger partial charge in [-0.15, -0.1) is 0 Å². The fourth-order valence-electron chi connectivity index (χ4n) is 2.99. The van der Waals surface area contributed by atoms with Gasteiger partial charge in [0.2, 0.25) is 0 Å². The van der Waals surface area contributed by atoms with E-state index in [0.29, 0.717) is 24.1 Å². The Labute approximate surface area is 169 Å². The monoisotopic (exact) mass is 422 g/mol. The van der Waals surface area contributed by atoms with Gasteiger partial charge in [-0.25, -0.2) is 9.18 Å². The summed E-state index contributed by atoms with van der Waals surface area (Å²) in [7, 11) is 0. The molecule has 0 aromatic heterocycles. The number of alkyl halides is 3. The molecule has 0 unspecified atom stereocenters. The molecule has 0 spiro atoms. The molecule has 2 aromatic rings. The van der Waals surface area contributed by atoms with Crippen molar-refractivity contribution in [3.8, 4) is 0 Å². The number of benzene rings is 2. The third kappa shape index (κ3) is 5.65. The summed E-state index contributed by atoms with van der Waals surface area (Å²) >= 11 is 0. The van der Waals surface area contributed by atoms with Gasteiger partial charge in [-0.2, -0.15) is 13.2 Å². The number of likely N-dealkylation sites (tertiary alicyclic amines) is 1. The lowest BCUT2D eigenvalue weighted by Crippen LogP contribution is -2.38. The summed E-state index contributed by atoms with van der Waals surface area (Å²) in [6, 6.07) is 9.73. The van der Waals surface area contributed by atoms with Crippen LogP contribution in [0.1, 0.15) is 34.3 Å².